The Hall–Kier alpha value is -3.39. The highest BCUT2D eigenvalue weighted by Gasteiger charge is 2.13. The molecular weight excluding hydrogens is 408 g/mol. The lowest BCUT2D eigenvalue weighted by molar-refractivity contribution is -0.119. The first kappa shape index (κ1) is 20.9. The highest BCUT2D eigenvalue weighted by atomic mass is 32.2. The summed E-state index contributed by atoms with van der Waals surface area (Å²) in [6.07, 6.45) is 6.83. The van der Waals surface area contributed by atoms with E-state index in [0.717, 1.165) is 22.1 Å². The molecule has 0 aliphatic carbocycles. The number of nitrogens with zero attached hydrogens (tertiary/aromatic N) is 5. The molecule has 2 aromatic carbocycles. The number of aryl methyl sites for hydroxylation is 2. The number of carbonyl (C=O) groups is 1. The Labute approximate surface area is 185 Å². The van der Waals surface area contributed by atoms with E-state index in [1.165, 1.54) is 29.2 Å². The van der Waals surface area contributed by atoms with Gasteiger partial charge >= 0.3 is 0 Å². The fourth-order valence-electron chi connectivity index (χ4n) is 3.22. The largest absolute Gasteiger partial charge is 0.349 e. The number of carbonyl (C=O) groups excluding carboxylic acids is 1. The van der Waals surface area contributed by atoms with Gasteiger partial charge in [-0.15, -0.1) is 0 Å². The van der Waals surface area contributed by atoms with Gasteiger partial charge in [0.2, 0.25) is 5.91 Å². The Balaban J connectivity index is 1.35. The molecule has 2 aromatic heterocycles. The normalized spacial score (nSPS) is 12.0. The van der Waals surface area contributed by atoms with Crippen LogP contribution in [0.1, 0.15) is 29.7 Å². The minimum atomic E-state index is -0.0996. The number of thioether (sulfide) groups is 1. The molecule has 0 aliphatic rings. The molecule has 0 saturated heterocycles. The smallest absolute Gasteiger partial charge is 0.230 e. The Bertz CT molecular complexity index is 1170. The molecule has 8 heteroatoms. The molecule has 0 fully saturated rings. The van der Waals surface area contributed by atoms with Crippen LogP contribution in [0, 0.1) is 13.8 Å². The van der Waals surface area contributed by atoms with Crippen LogP contribution in [0.5, 0.6) is 0 Å². The summed E-state index contributed by atoms with van der Waals surface area (Å²) in [5, 5.41) is 7.97. The Kier molecular flexibility index (Phi) is 6.18. The number of imidazole rings is 1. The van der Waals surface area contributed by atoms with Crippen LogP contribution in [0.15, 0.2) is 72.7 Å². The first-order valence-electron chi connectivity index (χ1n) is 9.99. The van der Waals surface area contributed by atoms with Crippen LogP contribution in [0.3, 0.4) is 0 Å². The van der Waals surface area contributed by atoms with Crippen molar-refractivity contribution < 1.29 is 4.79 Å². The lowest BCUT2D eigenvalue weighted by Crippen LogP contribution is -2.28. The molecule has 4 aromatic rings. The van der Waals surface area contributed by atoms with Crippen LogP contribution >= 0.6 is 11.8 Å². The van der Waals surface area contributed by atoms with Crippen molar-refractivity contribution in [2.75, 3.05) is 5.75 Å². The summed E-state index contributed by atoms with van der Waals surface area (Å²) in [5.41, 5.74) is 5.47. The van der Waals surface area contributed by atoms with Gasteiger partial charge in [-0.25, -0.2) is 14.6 Å². The van der Waals surface area contributed by atoms with Gasteiger partial charge in [0.05, 0.1) is 17.5 Å². The molecule has 0 saturated carbocycles. The predicted molar refractivity (Wildman–Crippen MR) is 122 cm³/mol. The zero-order valence-electron chi connectivity index (χ0n) is 17.7. The molecule has 0 spiro atoms. The molecule has 0 unspecified atom stereocenters. The minimum Gasteiger partial charge on any atom is -0.349 e. The van der Waals surface area contributed by atoms with Crippen LogP contribution in [0.4, 0.5) is 0 Å². The van der Waals surface area contributed by atoms with Crippen molar-refractivity contribution in [3.05, 3.63) is 84.2 Å². The van der Waals surface area contributed by atoms with Gasteiger partial charge in [-0.2, -0.15) is 5.10 Å². The zero-order valence-corrected chi connectivity index (χ0v) is 18.5. The molecule has 1 amide bonds. The molecule has 0 bridgehead atoms. The summed E-state index contributed by atoms with van der Waals surface area (Å²) in [6, 6.07) is 14.1. The van der Waals surface area contributed by atoms with Gasteiger partial charge in [0.25, 0.3) is 0 Å². The van der Waals surface area contributed by atoms with Crippen LogP contribution in [0.2, 0.25) is 0 Å². The number of rotatable bonds is 7. The van der Waals surface area contributed by atoms with Crippen molar-refractivity contribution in [2.45, 2.75) is 32.0 Å². The number of benzene rings is 2. The second kappa shape index (κ2) is 9.18. The van der Waals surface area contributed by atoms with E-state index < -0.39 is 0 Å². The maximum atomic E-state index is 12.5. The quantitative estimate of drug-likeness (QED) is 0.446. The maximum Gasteiger partial charge on any atom is 0.230 e. The summed E-state index contributed by atoms with van der Waals surface area (Å²) in [5.74, 6) is 0.260. The van der Waals surface area contributed by atoms with Gasteiger partial charge in [0.15, 0.2) is 5.16 Å². The van der Waals surface area contributed by atoms with Gasteiger partial charge in [-0.3, -0.25) is 9.36 Å². The lowest BCUT2D eigenvalue weighted by Gasteiger charge is -2.15. The highest BCUT2D eigenvalue weighted by Crippen LogP contribution is 2.22. The maximum absolute atomic E-state index is 12.5. The van der Waals surface area contributed by atoms with Gasteiger partial charge in [-0.05, 0) is 61.7 Å². The predicted octanol–water partition coefficient (Wildman–Crippen LogP) is 4.04. The number of amides is 1. The average Bonchev–Trinajstić information content (AvgIpc) is 3.46. The Morgan fingerprint density at radius 1 is 1.10 bits per heavy atom. The van der Waals surface area contributed by atoms with Crippen molar-refractivity contribution in [3.8, 4) is 11.4 Å². The van der Waals surface area contributed by atoms with Crippen LogP contribution < -0.4 is 5.32 Å². The van der Waals surface area contributed by atoms with Crippen molar-refractivity contribution >= 4 is 17.7 Å². The number of hydrogen-bond donors (Lipinski definition) is 1. The second-order valence-electron chi connectivity index (χ2n) is 7.36. The fourth-order valence-corrected chi connectivity index (χ4v) is 4.01. The van der Waals surface area contributed by atoms with E-state index in [1.54, 1.807) is 17.2 Å². The third kappa shape index (κ3) is 4.86. The molecule has 7 nitrogen and oxygen atoms in total. The second-order valence-corrected chi connectivity index (χ2v) is 8.30. The number of hydrogen-bond acceptors (Lipinski definition) is 5. The molecule has 0 aliphatic heterocycles. The number of aromatic nitrogens is 5. The van der Waals surface area contributed by atoms with Gasteiger partial charge in [0.1, 0.15) is 12.7 Å². The zero-order chi connectivity index (χ0) is 21.8. The van der Waals surface area contributed by atoms with Crippen molar-refractivity contribution in [3.63, 3.8) is 0 Å². The minimum absolute atomic E-state index is 0.0347. The highest BCUT2D eigenvalue weighted by molar-refractivity contribution is 7.99. The molecular formula is C23H24N6OS. The van der Waals surface area contributed by atoms with Crippen LogP contribution in [-0.2, 0) is 4.79 Å². The van der Waals surface area contributed by atoms with Gasteiger partial charge < -0.3 is 5.32 Å². The molecule has 4 rings (SSSR count). The fraction of sp³-hybridized carbons (Fsp3) is 0.217. The number of nitrogens with one attached hydrogen (secondary N) is 1. The van der Waals surface area contributed by atoms with Crippen molar-refractivity contribution in [1.82, 2.24) is 29.6 Å². The summed E-state index contributed by atoms with van der Waals surface area (Å²) >= 11 is 1.43. The summed E-state index contributed by atoms with van der Waals surface area (Å²) in [4.78, 5) is 20.9. The van der Waals surface area contributed by atoms with E-state index in [0.29, 0.717) is 5.75 Å². The van der Waals surface area contributed by atoms with E-state index in [-0.39, 0.29) is 11.9 Å². The first-order valence-corrected chi connectivity index (χ1v) is 11.0. The molecule has 158 valence electrons. The molecule has 1 N–H and O–H groups in total. The van der Waals surface area contributed by atoms with Crippen molar-refractivity contribution in [2.24, 2.45) is 0 Å². The Morgan fingerprint density at radius 2 is 1.87 bits per heavy atom. The average molecular weight is 433 g/mol. The molecule has 1 atom stereocenters. The van der Waals surface area contributed by atoms with E-state index >= 15 is 0 Å². The molecule has 31 heavy (non-hydrogen) atoms. The monoisotopic (exact) mass is 432 g/mol. The van der Waals surface area contributed by atoms with Crippen LogP contribution in [0.25, 0.3) is 11.4 Å². The molecule has 2 heterocycles. The van der Waals surface area contributed by atoms with E-state index in [2.05, 4.69) is 52.4 Å². The van der Waals surface area contributed by atoms with Gasteiger partial charge in [-0.1, -0.05) is 30.0 Å². The lowest BCUT2D eigenvalue weighted by atomic mass is 10.1. The summed E-state index contributed by atoms with van der Waals surface area (Å²) in [6.45, 7) is 6.16. The SMILES string of the molecule is Cc1ccc(-n2ccnc2SCC(=O)N[C@H](C)c2ccc(-n3cncn3)cc2)cc1C. The molecule has 0 radical (unpaired) electrons. The van der Waals surface area contributed by atoms with Crippen LogP contribution in [-0.4, -0.2) is 36.0 Å². The summed E-state index contributed by atoms with van der Waals surface area (Å²) in [7, 11) is 0. The van der Waals surface area contributed by atoms with E-state index in [9.17, 15) is 4.79 Å². The Morgan fingerprint density at radius 3 is 2.58 bits per heavy atom. The van der Waals surface area contributed by atoms with E-state index in [4.69, 9.17) is 0 Å². The topological polar surface area (TPSA) is 77.6 Å². The third-order valence-electron chi connectivity index (χ3n) is 5.16. The van der Waals surface area contributed by atoms with Crippen molar-refractivity contribution in [1.29, 1.82) is 0 Å². The third-order valence-corrected chi connectivity index (χ3v) is 6.13. The van der Waals surface area contributed by atoms with Gasteiger partial charge in [0, 0.05) is 18.1 Å². The van der Waals surface area contributed by atoms with E-state index in [1.807, 2.05) is 42.0 Å². The summed E-state index contributed by atoms with van der Waals surface area (Å²) < 4.78 is 3.71. The first-order chi connectivity index (χ1) is 15.0. The standard InChI is InChI=1S/C23H24N6OS/c1-16-4-7-21(12-17(16)2)28-11-10-25-23(28)31-13-22(30)27-18(3)19-5-8-20(9-6-19)29-15-24-14-26-29/h4-12,14-15,18H,13H2,1-3H3,(H,27,30)/t18-/m1/s1.